The van der Waals surface area contributed by atoms with E-state index in [1.807, 2.05) is 0 Å². The standard InChI is InChI=1S/C16H24O4/c1-10(9-19-11(2)17)15(18)20-16-6-12-3-13(7-16)5-14(4-12)8-16/h10,12-14H,3-9H2,1-2H3. The lowest BCUT2D eigenvalue weighted by Crippen LogP contribution is -2.53. The largest absolute Gasteiger partial charge is 0.465 e. The molecule has 0 amide bonds. The van der Waals surface area contributed by atoms with Crippen molar-refractivity contribution in [3.63, 3.8) is 0 Å². The van der Waals surface area contributed by atoms with E-state index in [1.165, 1.54) is 26.2 Å². The molecule has 4 saturated carbocycles. The maximum absolute atomic E-state index is 12.2. The Morgan fingerprint density at radius 3 is 2.05 bits per heavy atom. The van der Waals surface area contributed by atoms with E-state index in [4.69, 9.17) is 9.47 Å². The molecule has 4 aliphatic carbocycles. The molecular weight excluding hydrogens is 256 g/mol. The van der Waals surface area contributed by atoms with Crippen LogP contribution in [0.3, 0.4) is 0 Å². The highest BCUT2D eigenvalue weighted by molar-refractivity contribution is 5.73. The first-order chi connectivity index (χ1) is 9.46. The van der Waals surface area contributed by atoms with Crippen molar-refractivity contribution in [2.45, 2.75) is 58.0 Å². The van der Waals surface area contributed by atoms with E-state index in [9.17, 15) is 9.59 Å². The summed E-state index contributed by atoms with van der Waals surface area (Å²) >= 11 is 0. The van der Waals surface area contributed by atoms with Crippen LogP contribution in [0, 0.1) is 23.7 Å². The van der Waals surface area contributed by atoms with Crippen LogP contribution in [-0.4, -0.2) is 24.1 Å². The molecule has 0 saturated heterocycles. The Morgan fingerprint density at radius 1 is 1.10 bits per heavy atom. The topological polar surface area (TPSA) is 52.6 Å². The molecule has 0 aromatic rings. The van der Waals surface area contributed by atoms with Crippen molar-refractivity contribution >= 4 is 11.9 Å². The van der Waals surface area contributed by atoms with Crippen molar-refractivity contribution in [3.8, 4) is 0 Å². The molecule has 0 radical (unpaired) electrons. The molecule has 4 rings (SSSR count). The van der Waals surface area contributed by atoms with Crippen LogP contribution in [0.15, 0.2) is 0 Å². The predicted octanol–water partition coefficient (Wildman–Crippen LogP) is 2.70. The molecule has 4 bridgehead atoms. The Balaban J connectivity index is 1.59. The number of carbonyl (C=O) groups is 2. The van der Waals surface area contributed by atoms with Crippen LogP contribution < -0.4 is 0 Å². The van der Waals surface area contributed by atoms with Gasteiger partial charge in [0.2, 0.25) is 0 Å². The van der Waals surface area contributed by atoms with Gasteiger partial charge in [-0.25, -0.2) is 0 Å². The fraction of sp³-hybridized carbons (Fsp3) is 0.875. The second-order valence-corrected chi connectivity index (χ2v) is 7.23. The summed E-state index contributed by atoms with van der Waals surface area (Å²) in [4.78, 5) is 23.0. The van der Waals surface area contributed by atoms with Crippen LogP contribution in [0.5, 0.6) is 0 Å². The summed E-state index contributed by atoms with van der Waals surface area (Å²) in [5.74, 6) is 1.37. The quantitative estimate of drug-likeness (QED) is 0.743. The molecule has 4 nitrogen and oxygen atoms in total. The number of hydrogen-bond donors (Lipinski definition) is 0. The maximum Gasteiger partial charge on any atom is 0.312 e. The summed E-state index contributed by atoms with van der Waals surface area (Å²) in [6.45, 7) is 3.25. The Hall–Kier alpha value is -1.06. The zero-order valence-electron chi connectivity index (χ0n) is 12.4. The molecule has 4 aliphatic rings. The van der Waals surface area contributed by atoms with Crippen LogP contribution >= 0.6 is 0 Å². The average Bonchev–Trinajstić information content (AvgIpc) is 2.33. The van der Waals surface area contributed by atoms with Crippen LogP contribution in [-0.2, 0) is 19.1 Å². The van der Waals surface area contributed by atoms with Gasteiger partial charge in [0.25, 0.3) is 0 Å². The van der Waals surface area contributed by atoms with Gasteiger partial charge in [0.05, 0.1) is 5.92 Å². The van der Waals surface area contributed by atoms with Crippen molar-refractivity contribution in [1.82, 2.24) is 0 Å². The Kier molecular flexibility index (Phi) is 3.51. The van der Waals surface area contributed by atoms with E-state index >= 15 is 0 Å². The van der Waals surface area contributed by atoms with Gasteiger partial charge in [-0.2, -0.15) is 0 Å². The third-order valence-electron chi connectivity index (χ3n) is 5.24. The molecular formula is C16H24O4. The molecule has 0 aromatic heterocycles. The number of rotatable bonds is 4. The summed E-state index contributed by atoms with van der Waals surface area (Å²) in [6, 6.07) is 0. The smallest absolute Gasteiger partial charge is 0.312 e. The fourth-order valence-corrected chi connectivity index (χ4v) is 4.78. The molecule has 0 heterocycles. The SMILES string of the molecule is CC(=O)OCC(C)C(=O)OC12CC3CC(CC(C3)C1)C2. The lowest BCUT2D eigenvalue weighted by molar-refractivity contribution is -0.192. The fourth-order valence-electron chi connectivity index (χ4n) is 4.78. The normalized spacial score (nSPS) is 39.4. The maximum atomic E-state index is 12.2. The van der Waals surface area contributed by atoms with Gasteiger partial charge in [0.15, 0.2) is 0 Å². The van der Waals surface area contributed by atoms with Crippen molar-refractivity contribution in [1.29, 1.82) is 0 Å². The Morgan fingerprint density at radius 2 is 1.60 bits per heavy atom. The van der Waals surface area contributed by atoms with Crippen LogP contribution in [0.2, 0.25) is 0 Å². The van der Waals surface area contributed by atoms with E-state index < -0.39 is 0 Å². The first-order valence-electron chi connectivity index (χ1n) is 7.82. The van der Waals surface area contributed by atoms with Gasteiger partial charge in [-0.15, -0.1) is 0 Å². The number of esters is 2. The molecule has 1 atom stereocenters. The monoisotopic (exact) mass is 280 g/mol. The highest BCUT2D eigenvalue weighted by Crippen LogP contribution is 2.57. The number of hydrogen-bond acceptors (Lipinski definition) is 4. The van der Waals surface area contributed by atoms with E-state index in [-0.39, 0.29) is 30.1 Å². The van der Waals surface area contributed by atoms with E-state index in [1.54, 1.807) is 6.92 Å². The van der Waals surface area contributed by atoms with Gasteiger partial charge in [0, 0.05) is 6.92 Å². The van der Waals surface area contributed by atoms with Crippen LogP contribution in [0.25, 0.3) is 0 Å². The molecule has 112 valence electrons. The molecule has 0 aromatic carbocycles. The van der Waals surface area contributed by atoms with Gasteiger partial charge in [-0.1, -0.05) is 0 Å². The van der Waals surface area contributed by atoms with Crippen molar-refractivity contribution in [3.05, 3.63) is 0 Å². The Bertz CT molecular complexity index is 379. The minimum atomic E-state index is -0.369. The lowest BCUT2D eigenvalue weighted by Gasteiger charge is -2.55. The predicted molar refractivity (Wildman–Crippen MR) is 72.8 cm³/mol. The van der Waals surface area contributed by atoms with Gasteiger partial charge in [-0.3, -0.25) is 9.59 Å². The second-order valence-electron chi connectivity index (χ2n) is 7.23. The minimum absolute atomic E-state index is 0.126. The summed E-state index contributed by atoms with van der Waals surface area (Å²) in [5, 5.41) is 0. The lowest BCUT2D eigenvalue weighted by atomic mass is 9.54. The zero-order chi connectivity index (χ0) is 14.3. The third kappa shape index (κ3) is 2.70. The minimum Gasteiger partial charge on any atom is -0.465 e. The summed E-state index contributed by atoms with van der Waals surface area (Å²) in [6.07, 6.45) is 7.14. The average molecular weight is 280 g/mol. The van der Waals surface area contributed by atoms with E-state index in [2.05, 4.69) is 0 Å². The van der Waals surface area contributed by atoms with Crippen LogP contribution in [0.4, 0.5) is 0 Å². The Labute approximate surface area is 120 Å². The summed E-state index contributed by atoms with van der Waals surface area (Å²) in [7, 11) is 0. The van der Waals surface area contributed by atoms with Crippen molar-refractivity contribution < 1.29 is 19.1 Å². The van der Waals surface area contributed by atoms with E-state index in [0.717, 1.165) is 37.0 Å². The van der Waals surface area contributed by atoms with E-state index in [0.29, 0.717) is 0 Å². The number of ether oxygens (including phenoxy) is 2. The molecule has 0 aliphatic heterocycles. The second kappa shape index (κ2) is 5.05. The molecule has 4 heteroatoms. The third-order valence-corrected chi connectivity index (χ3v) is 5.24. The molecule has 0 N–H and O–H groups in total. The molecule has 1 unspecified atom stereocenters. The zero-order valence-corrected chi connectivity index (χ0v) is 12.4. The highest BCUT2D eigenvalue weighted by atomic mass is 16.6. The summed E-state index contributed by atoms with van der Waals surface area (Å²) in [5.41, 5.74) is -0.198. The molecule has 0 spiro atoms. The summed E-state index contributed by atoms with van der Waals surface area (Å²) < 4.78 is 10.8. The van der Waals surface area contributed by atoms with Crippen molar-refractivity contribution in [2.75, 3.05) is 6.61 Å². The first-order valence-corrected chi connectivity index (χ1v) is 7.82. The van der Waals surface area contributed by atoms with Gasteiger partial charge < -0.3 is 9.47 Å². The van der Waals surface area contributed by atoms with Crippen molar-refractivity contribution in [2.24, 2.45) is 23.7 Å². The van der Waals surface area contributed by atoms with Gasteiger partial charge in [-0.05, 0) is 63.2 Å². The van der Waals surface area contributed by atoms with Crippen LogP contribution in [0.1, 0.15) is 52.4 Å². The molecule has 20 heavy (non-hydrogen) atoms. The van der Waals surface area contributed by atoms with Gasteiger partial charge in [0.1, 0.15) is 12.2 Å². The number of carbonyl (C=O) groups excluding carboxylic acids is 2. The van der Waals surface area contributed by atoms with Gasteiger partial charge >= 0.3 is 11.9 Å². The first kappa shape index (κ1) is 13.9. The molecule has 4 fully saturated rings. The highest BCUT2D eigenvalue weighted by Gasteiger charge is 2.53.